The van der Waals surface area contributed by atoms with E-state index >= 15 is 0 Å². The van der Waals surface area contributed by atoms with Crippen LogP contribution >= 0.6 is 0 Å². The zero-order chi connectivity index (χ0) is 28.9. The van der Waals surface area contributed by atoms with Gasteiger partial charge < -0.3 is 64.6 Å². The zero-order valence-corrected chi connectivity index (χ0v) is 20.6. The first kappa shape index (κ1) is 28.2. The molecule has 0 saturated carbocycles. The Morgan fingerprint density at radius 3 is 2.27 bits per heavy atom. The van der Waals surface area contributed by atoms with Crippen LogP contribution < -0.4 is 5.43 Å². The normalized spacial score (nSPS) is 32.8. The van der Waals surface area contributed by atoms with E-state index in [9.17, 15) is 50.8 Å². The Labute approximate surface area is 225 Å². The molecule has 0 amide bonds. The third-order valence-electron chi connectivity index (χ3n) is 7.06. The van der Waals surface area contributed by atoms with Gasteiger partial charge in [-0.3, -0.25) is 4.79 Å². The lowest BCUT2D eigenvalue weighted by Gasteiger charge is -2.45. The number of aliphatic hydroxyl groups excluding tert-OH is 6. The van der Waals surface area contributed by atoms with E-state index in [1.165, 1.54) is 24.3 Å². The van der Waals surface area contributed by atoms with Gasteiger partial charge in [0.05, 0.1) is 18.8 Å². The maximum atomic E-state index is 13.1. The number of phenolic OH excluding ortho intramolecular Hbond substituents is 3. The molecule has 5 rings (SSSR count). The van der Waals surface area contributed by atoms with Crippen LogP contribution in [0.25, 0.3) is 22.3 Å². The lowest BCUT2D eigenvalue weighted by molar-refractivity contribution is -0.325. The largest absolute Gasteiger partial charge is 0.508 e. The fraction of sp³-hybridized carbons (Fsp3) is 0.423. The number of fused-ring (bicyclic) bond motifs is 1. The van der Waals surface area contributed by atoms with Gasteiger partial charge in [0.2, 0.25) is 0 Å². The zero-order valence-electron chi connectivity index (χ0n) is 20.6. The van der Waals surface area contributed by atoms with E-state index in [0.29, 0.717) is 5.56 Å². The first-order valence-corrected chi connectivity index (χ1v) is 12.3. The Morgan fingerprint density at radius 1 is 0.900 bits per heavy atom. The SMILES string of the molecule is O=c1cc(-c2ccc(O)cc2)oc2cc(O)c([C@@H]3O[C@H](CO)[C@H](O)[C@@H](O)[C@H]3O[C@H]3OC[C@H](O)[C@@H](O)[C@H]3O)c(O)c12. The summed E-state index contributed by atoms with van der Waals surface area (Å²) in [6.45, 7) is -1.24. The molecule has 0 spiro atoms. The second-order valence-corrected chi connectivity index (χ2v) is 9.66. The molecule has 2 aromatic carbocycles. The molecule has 2 aliphatic rings. The van der Waals surface area contributed by atoms with Crippen LogP contribution in [0.1, 0.15) is 11.7 Å². The summed E-state index contributed by atoms with van der Waals surface area (Å²) in [6.07, 6.45) is -14.9. The second kappa shape index (κ2) is 10.9. The van der Waals surface area contributed by atoms with Crippen molar-refractivity contribution in [3.05, 3.63) is 52.2 Å². The van der Waals surface area contributed by atoms with Crippen LogP contribution in [0, 0.1) is 0 Å². The van der Waals surface area contributed by atoms with E-state index in [2.05, 4.69) is 0 Å². The number of rotatable bonds is 5. The van der Waals surface area contributed by atoms with Gasteiger partial charge in [0.1, 0.15) is 82.8 Å². The summed E-state index contributed by atoms with van der Waals surface area (Å²) in [7, 11) is 0. The van der Waals surface area contributed by atoms with Crippen molar-refractivity contribution in [2.45, 2.75) is 55.1 Å². The molecule has 3 heterocycles. The monoisotopic (exact) mass is 564 g/mol. The summed E-state index contributed by atoms with van der Waals surface area (Å²) in [4.78, 5) is 13.1. The molecule has 2 saturated heterocycles. The number of aliphatic hydroxyl groups is 6. The summed E-state index contributed by atoms with van der Waals surface area (Å²) in [5.41, 5.74) is -0.980. The maximum absolute atomic E-state index is 13.1. The standard InChI is InChI=1S/C26H28O14/c27-7-16-20(33)22(35)25(40-26-23(36)19(32)13(31)8-37-26)24(39-16)18-12(30)6-15-17(21(18)34)11(29)5-14(38-15)9-1-3-10(28)4-2-9/h1-6,13,16,19-20,22-28,30-36H,7-8H2/t13-,16+,19+,20-,22+,23+,24-,25+,26+/m0/s1. The molecule has 14 heteroatoms. The van der Waals surface area contributed by atoms with Crippen molar-refractivity contribution in [3.63, 3.8) is 0 Å². The van der Waals surface area contributed by atoms with Gasteiger partial charge in [-0.05, 0) is 24.3 Å². The first-order valence-electron chi connectivity index (χ1n) is 12.3. The first-order chi connectivity index (χ1) is 19.0. The lowest BCUT2D eigenvalue weighted by Crippen LogP contribution is -2.60. The molecule has 40 heavy (non-hydrogen) atoms. The van der Waals surface area contributed by atoms with Crippen molar-refractivity contribution in [1.29, 1.82) is 0 Å². The van der Waals surface area contributed by atoms with Gasteiger partial charge >= 0.3 is 0 Å². The molecule has 3 aromatic rings. The van der Waals surface area contributed by atoms with Crippen molar-refractivity contribution in [1.82, 2.24) is 0 Å². The van der Waals surface area contributed by atoms with Crippen LogP contribution in [0.3, 0.4) is 0 Å². The molecule has 9 N–H and O–H groups in total. The summed E-state index contributed by atoms with van der Waals surface area (Å²) in [5, 5.41) is 92.3. The predicted molar refractivity (Wildman–Crippen MR) is 132 cm³/mol. The summed E-state index contributed by atoms with van der Waals surface area (Å²) < 4.78 is 22.3. The Kier molecular flexibility index (Phi) is 7.71. The number of benzene rings is 2. The van der Waals surface area contributed by atoms with Crippen LogP contribution in [-0.2, 0) is 14.2 Å². The summed E-state index contributed by atoms with van der Waals surface area (Å²) in [5.74, 6) is -1.42. The van der Waals surface area contributed by atoms with E-state index < -0.39 is 90.8 Å². The van der Waals surface area contributed by atoms with Crippen molar-refractivity contribution < 1.29 is 64.6 Å². The van der Waals surface area contributed by atoms with Gasteiger partial charge in [0.25, 0.3) is 0 Å². The Balaban J connectivity index is 1.58. The van der Waals surface area contributed by atoms with Gasteiger partial charge in [-0.25, -0.2) is 0 Å². The van der Waals surface area contributed by atoms with Crippen molar-refractivity contribution >= 4 is 11.0 Å². The van der Waals surface area contributed by atoms with Crippen LogP contribution in [-0.4, -0.2) is 108 Å². The highest BCUT2D eigenvalue weighted by atomic mass is 16.7. The summed E-state index contributed by atoms with van der Waals surface area (Å²) >= 11 is 0. The number of phenols is 3. The average molecular weight is 564 g/mol. The molecular formula is C26H28O14. The molecule has 0 radical (unpaired) electrons. The molecule has 2 fully saturated rings. The van der Waals surface area contributed by atoms with Gasteiger partial charge in [-0.1, -0.05) is 0 Å². The molecule has 0 unspecified atom stereocenters. The van der Waals surface area contributed by atoms with Gasteiger partial charge in [-0.2, -0.15) is 0 Å². The highest BCUT2D eigenvalue weighted by Crippen LogP contribution is 2.46. The molecular weight excluding hydrogens is 536 g/mol. The Hall–Kier alpha value is -3.31. The highest BCUT2D eigenvalue weighted by Gasteiger charge is 2.50. The Morgan fingerprint density at radius 2 is 1.60 bits per heavy atom. The van der Waals surface area contributed by atoms with Crippen molar-refractivity contribution in [2.24, 2.45) is 0 Å². The third kappa shape index (κ3) is 4.89. The minimum absolute atomic E-state index is 0.0126. The molecule has 14 nitrogen and oxygen atoms in total. The van der Waals surface area contributed by atoms with E-state index in [1.54, 1.807) is 0 Å². The third-order valence-corrected chi connectivity index (χ3v) is 7.06. The Bertz CT molecular complexity index is 1420. The highest BCUT2D eigenvalue weighted by molar-refractivity contribution is 5.88. The molecule has 0 aliphatic carbocycles. The second-order valence-electron chi connectivity index (χ2n) is 9.66. The van der Waals surface area contributed by atoms with Gasteiger partial charge in [-0.15, -0.1) is 0 Å². The lowest BCUT2D eigenvalue weighted by atomic mass is 9.89. The molecule has 2 aliphatic heterocycles. The number of hydrogen-bond donors (Lipinski definition) is 9. The van der Waals surface area contributed by atoms with Gasteiger partial charge in [0, 0.05) is 17.7 Å². The van der Waals surface area contributed by atoms with E-state index in [1.807, 2.05) is 0 Å². The maximum Gasteiger partial charge on any atom is 0.197 e. The van der Waals surface area contributed by atoms with Crippen molar-refractivity contribution in [2.75, 3.05) is 13.2 Å². The molecule has 0 bridgehead atoms. The molecule has 1 aromatic heterocycles. The van der Waals surface area contributed by atoms with E-state index in [-0.39, 0.29) is 22.5 Å². The van der Waals surface area contributed by atoms with Crippen LogP contribution in [0.5, 0.6) is 17.2 Å². The quantitative estimate of drug-likeness (QED) is 0.172. The average Bonchev–Trinajstić information content (AvgIpc) is 2.92. The molecule has 216 valence electrons. The molecule has 9 atom stereocenters. The van der Waals surface area contributed by atoms with E-state index in [0.717, 1.165) is 12.1 Å². The van der Waals surface area contributed by atoms with Crippen molar-refractivity contribution in [3.8, 4) is 28.6 Å². The number of hydrogen-bond acceptors (Lipinski definition) is 14. The smallest absolute Gasteiger partial charge is 0.197 e. The van der Waals surface area contributed by atoms with Crippen LogP contribution in [0.4, 0.5) is 0 Å². The minimum Gasteiger partial charge on any atom is -0.508 e. The van der Waals surface area contributed by atoms with Crippen LogP contribution in [0.15, 0.2) is 45.6 Å². The number of aromatic hydroxyl groups is 3. The topological polar surface area (TPSA) is 240 Å². The predicted octanol–water partition coefficient (Wildman–Crippen LogP) is -1.45. The minimum atomic E-state index is -1.85. The van der Waals surface area contributed by atoms with Gasteiger partial charge in [0.15, 0.2) is 11.7 Å². The van der Waals surface area contributed by atoms with E-state index in [4.69, 9.17) is 18.6 Å². The number of ether oxygens (including phenoxy) is 3. The summed E-state index contributed by atoms with van der Waals surface area (Å²) in [6, 6.07) is 7.84. The van der Waals surface area contributed by atoms with Crippen LogP contribution in [0.2, 0.25) is 0 Å². The fourth-order valence-corrected chi connectivity index (χ4v) is 4.88. The fourth-order valence-electron chi connectivity index (χ4n) is 4.88.